The maximum absolute atomic E-state index is 14.1. The number of alkyl halides is 2. The lowest BCUT2D eigenvalue weighted by molar-refractivity contribution is -0.00103. The minimum Gasteiger partial charge on any atom is -0.487 e. The zero-order valence-electron chi connectivity index (χ0n) is 27.8. The van der Waals surface area contributed by atoms with Crippen molar-refractivity contribution in [3.63, 3.8) is 0 Å². The van der Waals surface area contributed by atoms with Crippen molar-refractivity contribution in [1.82, 2.24) is 19.7 Å². The fourth-order valence-electron chi connectivity index (χ4n) is 5.88. The van der Waals surface area contributed by atoms with E-state index >= 15 is 0 Å². The highest BCUT2D eigenvalue weighted by Gasteiger charge is 2.35. The molecule has 10 nitrogen and oxygen atoms in total. The zero-order chi connectivity index (χ0) is 35.9. The first-order chi connectivity index (χ1) is 23.7. The van der Waals surface area contributed by atoms with Crippen LogP contribution in [-0.2, 0) is 17.6 Å². The number of carbonyl (C=O) groups is 2. The molecule has 2 aromatic heterocycles. The average Bonchev–Trinajstić information content (AvgIpc) is 3.61. The summed E-state index contributed by atoms with van der Waals surface area (Å²) >= 11 is 0. The van der Waals surface area contributed by atoms with Gasteiger partial charge in [-0.05, 0) is 86.6 Å². The van der Waals surface area contributed by atoms with E-state index < -0.39 is 42.1 Å². The first kappa shape index (κ1) is 34.5. The molecule has 3 heterocycles. The molecule has 2 aliphatic rings. The van der Waals surface area contributed by atoms with Crippen molar-refractivity contribution in [2.24, 2.45) is 5.92 Å². The summed E-state index contributed by atoms with van der Waals surface area (Å²) in [7, 11) is 0. The number of fused-ring (bicyclic) bond motifs is 1. The quantitative estimate of drug-likeness (QED) is 0.138. The highest BCUT2D eigenvalue weighted by Crippen LogP contribution is 2.37. The summed E-state index contributed by atoms with van der Waals surface area (Å²) in [4.78, 5) is 31.8. The predicted octanol–water partition coefficient (Wildman–Crippen LogP) is 7.10. The van der Waals surface area contributed by atoms with Crippen molar-refractivity contribution in [2.45, 2.75) is 52.6 Å². The van der Waals surface area contributed by atoms with Gasteiger partial charge in [0.05, 0.1) is 23.6 Å². The molecule has 2 aromatic carbocycles. The van der Waals surface area contributed by atoms with Crippen LogP contribution in [0.3, 0.4) is 0 Å². The Morgan fingerprint density at radius 3 is 2.46 bits per heavy atom. The van der Waals surface area contributed by atoms with Crippen molar-refractivity contribution in [1.29, 1.82) is 0 Å². The molecule has 2 N–H and O–H groups in total. The van der Waals surface area contributed by atoms with Crippen LogP contribution in [0, 0.1) is 24.5 Å². The number of halogens is 4. The zero-order valence-corrected chi connectivity index (χ0v) is 27.8. The smallest absolute Gasteiger partial charge is 0.410 e. The normalized spacial score (nSPS) is 14.3. The van der Waals surface area contributed by atoms with E-state index in [1.54, 1.807) is 44.7 Å². The van der Waals surface area contributed by atoms with E-state index in [9.17, 15) is 27.2 Å². The Balaban J connectivity index is 1.17. The fraction of sp³-hybridized carbons (Fsp3) is 0.333. The number of pyridine rings is 1. The van der Waals surface area contributed by atoms with Gasteiger partial charge in [0.25, 0.3) is 6.43 Å². The molecule has 1 aliphatic heterocycles. The number of hydrogen-bond donors (Lipinski definition) is 1. The molecular formula is C36H35F4N5O5. The summed E-state index contributed by atoms with van der Waals surface area (Å²) in [6.45, 7) is 7.21. The van der Waals surface area contributed by atoms with Crippen LogP contribution in [0.2, 0.25) is 0 Å². The number of allylic oxidation sites excluding steroid dienone is 1. The van der Waals surface area contributed by atoms with E-state index in [2.05, 4.69) is 10.1 Å². The number of nitrogens with two attached hydrogens (primary N) is 1. The Morgan fingerprint density at radius 2 is 1.80 bits per heavy atom. The number of ether oxygens (including phenoxy) is 3. The number of amides is 1. The van der Waals surface area contributed by atoms with Gasteiger partial charge in [-0.15, -0.1) is 0 Å². The number of ketones is 1. The highest BCUT2D eigenvalue weighted by atomic mass is 19.3. The van der Waals surface area contributed by atoms with Gasteiger partial charge in [-0.25, -0.2) is 32.0 Å². The Labute approximate surface area is 285 Å². The fourth-order valence-corrected chi connectivity index (χ4v) is 5.88. The molecule has 50 heavy (non-hydrogen) atoms. The van der Waals surface area contributed by atoms with Crippen LogP contribution in [0.5, 0.6) is 17.4 Å². The maximum Gasteiger partial charge on any atom is 0.410 e. The van der Waals surface area contributed by atoms with Crippen LogP contribution in [0.25, 0.3) is 11.8 Å². The van der Waals surface area contributed by atoms with Crippen LogP contribution in [0.1, 0.15) is 53.4 Å². The molecule has 1 aliphatic carbocycles. The molecule has 0 saturated carbocycles. The summed E-state index contributed by atoms with van der Waals surface area (Å²) in [5.74, 6) is -2.35. The van der Waals surface area contributed by atoms with Gasteiger partial charge in [0, 0.05) is 31.1 Å². The molecule has 0 spiro atoms. The largest absolute Gasteiger partial charge is 0.487 e. The molecule has 1 fully saturated rings. The number of carbonyl (C=O) groups excluding carboxylic acids is 2. The third kappa shape index (κ3) is 7.28. The van der Waals surface area contributed by atoms with Crippen molar-refractivity contribution in [3.05, 3.63) is 93.8 Å². The second-order valence-electron chi connectivity index (χ2n) is 13.3. The van der Waals surface area contributed by atoms with Gasteiger partial charge in [0.1, 0.15) is 23.8 Å². The lowest BCUT2D eigenvalue weighted by Crippen LogP contribution is -2.52. The van der Waals surface area contributed by atoms with E-state index in [1.165, 1.54) is 29.2 Å². The molecule has 4 aromatic rings. The second-order valence-corrected chi connectivity index (χ2v) is 13.3. The van der Waals surface area contributed by atoms with Crippen molar-refractivity contribution >= 4 is 23.8 Å². The number of likely N-dealkylation sites (tertiary alicyclic amines) is 1. The Hall–Kier alpha value is -5.40. The highest BCUT2D eigenvalue weighted by molar-refractivity contribution is 6.15. The standard InChI is InChI=1S/C36H35F4N5O5/c1-19-8-31(49-33-26(37)6-5-7-27(33)38)42-15-28(19)45-34(41)25(14-43-45)32(46)24-11-21-10-23(29(13-22(21)12-24)48-18-30(39)40)9-20-16-44(17-20)35(47)50-36(2,3)4/h5-8,10,12-15,20,30H,9,11,16-18,41H2,1-4H3. The lowest BCUT2D eigenvalue weighted by atomic mass is 9.90. The average molecular weight is 694 g/mol. The Morgan fingerprint density at radius 1 is 1.08 bits per heavy atom. The van der Waals surface area contributed by atoms with Crippen LogP contribution in [0.15, 0.2) is 54.4 Å². The number of benzene rings is 2. The number of Topliss-reactive ketones (excluding diaryl/α,β-unsaturated/α-hetero) is 1. The first-order valence-electron chi connectivity index (χ1n) is 15.9. The number of aryl methyl sites for hydroxylation is 1. The van der Waals surface area contributed by atoms with Crippen molar-refractivity contribution in [2.75, 3.05) is 25.4 Å². The third-order valence-electron chi connectivity index (χ3n) is 8.27. The topological polar surface area (TPSA) is 122 Å². The molecule has 1 amide bonds. The van der Waals surface area contributed by atoms with Gasteiger partial charge in [0.15, 0.2) is 17.4 Å². The minimum atomic E-state index is -2.67. The van der Waals surface area contributed by atoms with Gasteiger partial charge in [-0.2, -0.15) is 5.10 Å². The molecule has 0 bridgehead atoms. The van der Waals surface area contributed by atoms with Crippen LogP contribution in [0.4, 0.5) is 28.2 Å². The molecule has 6 rings (SSSR count). The molecule has 0 unspecified atom stereocenters. The monoisotopic (exact) mass is 693 g/mol. The van der Waals surface area contributed by atoms with E-state index in [0.717, 1.165) is 17.7 Å². The summed E-state index contributed by atoms with van der Waals surface area (Å²) in [6.07, 6.45) is 2.07. The van der Waals surface area contributed by atoms with Gasteiger partial charge >= 0.3 is 6.09 Å². The number of nitrogen functional groups attached to an aromatic ring is 1. The summed E-state index contributed by atoms with van der Waals surface area (Å²) < 4.78 is 72.0. The molecule has 14 heteroatoms. The van der Waals surface area contributed by atoms with E-state index in [1.807, 2.05) is 6.07 Å². The van der Waals surface area contributed by atoms with Gasteiger partial charge in [0.2, 0.25) is 11.6 Å². The Bertz CT molecular complexity index is 1980. The predicted molar refractivity (Wildman–Crippen MR) is 176 cm³/mol. The van der Waals surface area contributed by atoms with Crippen molar-refractivity contribution < 1.29 is 41.4 Å². The summed E-state index contributed by atoms with van der Waals surface area (Å²) in [5.41, 5.74) is 9.52. The van der Waals surface area contributed by atoms with Gasteiger partial charge < -0.3 is 24.8 Å². The van der Waals surface area contributed by atoms with Crippen LogP contribution < -0.4 is 15.2 Å². The number of anilines is 1. The molecular weight excluding hydrogens is 658 g/mol. The second kappa shape index (κ2) is 13.5. The minimum absolute atomic E-state index is 0.0479. The molecule has 0 radical (unpaired) electrons. The molecule has 1 saturated heterocycles. The SMILES string of the molecule is Cc1cc(Oc2c(F)cccc2F)ncc1-n1ncc(C(=O)C2=Cc3cc(OCC(F)F)c(CC4CN(C(=O)OC(C)(C)C)C4)cc3C2)c1N. The van der Waals surface area contributed by atoms with E-state index in [-0.39, 0.29) is 35.4 Å². The number of nitrogens with zero attached hydrogens (tertiary/aromatic N) is 4. The summed E-state index contributed by atoms with van der Waals surface area (Å²) in [5, 5.41) is 4.30. The molecule has 0 atom stereocenters. The van der Waals surface area contributed by atoms with Crippen molar-refractivity contribution in [3.8, 4) is 23.1 Å². The number of para-hydroxylation sites is 1. The van der Waals surface area contributed by atoms with Crippen LogP contribution >= 0.6 is 0 Å². The van der Waals surface area contributed by atoms with E-state index in [4.69, 9.17) is 19.9 Å². The van der Waals surface area contributed by atoms with Crippen LogP contribution in [-0.4, -0.2) is 63.3 Å². The number of hydrogen-bond acceptors (Lipinski definition) is 8. The number of rotatable bonds is 10. The van der Waals surface area contributed by atoms with Gasteiger partial charge in [-0.3, -0.25) is 4.79 Å². The maximum atomic E-state index is 14.1. The van der Waals surface area contributed by atoms with E-state index in [0.29, 0.717) is 53.2 Å². The summed E-state index contributed by atoms with van der Waals surface area (Å²) in [6, 6.07) is 8.34. The third-order valence-corrected chi connectivity index (χ3v) is 8.27. The number of aromatic nitrogens is 3. The lowest BCUT2D eigenvalue weighted by Gasteiger charge is -2.40. The molecule has 262 valence electrons. The van der Waals surface area contributed by atoms with Gasteiger partial charge in [-0.1, -0.05) is 12.1 Å². The Kier molecular flexibility index (Phi) is 9.29. The first-order valence-corrected chi connectivity index (χ1v) is 15.9.